The summed E-state index contributed by atoms with van der Waals surface area (Å²) in [6.45, 7) is 5.56. The van der Waals surface area contributed by atoms with Gasteiger partial charge in [0.2, 0.25) is 0 Å². The lowest BCUT2D eigenvalue weighted by atomic mass is 10.1. The molecule has 2 atom stereocenters. The summed E-state index contributed by atoms with van der Waals surface area (Å²) in [4.78, 5) is 26.7. The number of rotatable bonds is 1. The van der Waals surface area contributed by atoms with Gasteiger partial charge in [0.15, 0.2) is 11.6 Å². The fourth-order valence-electron chi connectivity index (χ4n) is 3.69. The molecule has 2 N–H and O–H groups in total. The molecule has 2 aliphatic rings. The van der Waals surface area contributed by atoms with E-state index in [1.54, 1.807) is 6.92 Å². The quantitative estimate of drug-likeness (QED) is 0.781. The zero-order chi connectivity index (χ0) is 17.2. The van der Waals surface area contributed by atoms with Crippen LogP contribution in [0.4, 0.5) is 10.1 Å². The first-order valence-electron chi connectivity index (χ1n) is 8.06. The van der Waals surface area contributed by atoms with Crippen LogP contribution in [-0.4, -0.2) is 28.9 Å². The third kappa shape index (κ3) is 1.88. The average Bonchev–Trinajstić information content (AvgIpc) is 2.97. The number of hydrogen-bond donors (Lipinski definition) is 1. The number of halogens is 1. The fourth-order valence-corrected chi connectivity index (χ4v) is 3.69. The molecule has 0 spiro atoms. The molecule has 24 heavy (non-hydrogen) atoms. The van der Waals surface area contributed by atoms with Crippen LogP contribution >= 0.6 is 0 Å². The first kappa shape index (κ1) is 15.0. The van der Waals surface area contributed by atoms with Gasteiger partial charge in [0, 0.05) is 13.1 Å². The molecular weight excluding hydrogens is 315 g/mol. The number of ether oxygens (including phenoxy) is 1. The Bertz CT molecular complexity index is 965. The third-order valence-corrected chi connectivity index (χ3v) is 4.93. The summed E-state index contributed by atoms with van der Waals surface area (Å²) < 4.78 is 22.6. The first-order chi connectivity index (χ1) is 11.4. The van der Waals surface area contributed by atoms with Crippen molar-refractivity contribution in [1.29, 1.82) is 0 Å². The van der Waals surface area contributed by atoms with Crippen molar-refractivity contribution < 1.29 is 9.13 Å². The zero-order valence-corrected chi connectivity index (χ0v) is 13.6. The van der Waals surface area contributed by atoms with Gasteiger partial charge in [0.1, 0.15) is 17.8 Å². The molecule has 1 aromatic carbocycles. The molecular formula is C16H19FN4O3. The molecule has 7 nitrogen and oxygen atoms in total. The van der Waals surface area contributed by atoms with Crippen molar-refractivity contribution in [2.24, 2.45) is 5.92 Å². The minimum Gasteiger partial charge on any atom is -0.487 e. The van der Waals surface area contributed by atoms with E-state index in [2.05, 4.69) is 6.92 Å². The second-order valence-corrected chi connectivity index (χ2v) is 6.76. The Kier molecular flexibility index (Phi) is 3.13. The number of anilines is 1. The van der Waals surface area contributed by atoms with E-state index in [0.29, 0.717) is 34.9 Å². The molecule has 0 saturated carbocycles. The van der Waals surface area contributed by atoms with Crippen molar-refractivity contribution in [2.75, 3.05) is 30.4 Å². The third-order valence-electron chi connectivity index (χ3n) is 4.93. The molecule has 2 aliphatic heterocycles. The average molecular weight is 334 g/mol. The van der Waals surface area contributed by atoms with Crippen LogP contribution in [0.2, 0.25) is 0 Å². The Labute approximate surface area is 137 Å². The van der Waals surface area contributed by atoms with Crippen LogP contribution in [0, 0.1) is 11.7 Å². The Morgan fingerprint density at radius 3 is 2.75 bits per heavy atom. The largest absolute Gasteiger partial charge is 0.487 e. The van der Waals surface area contributed by atoms with Gasteiger partial charge in [0.25, 0.3) is 5.56 Å². The molecule has 0 radical (unpaired) electrons. The first-order valence-corrected chi connectivity index (χ1v) is 8.06. The molecule has 128 valence electrons. The highest BCUT2D eigenvalue weighted by atomic mass is 19.1. The van der Waals surface area contributed by atoms with Crippen LogP contribution in [0.15, 0.2) is 15.7 Å². The van der Waals surface area contributed by atoms with Crippen LogP contribution in [0.1, 0.15) is 26.3 Å². The molecule has 3 heterocycles. The second kappa shape index (κ2) is 4.99. The summed E-state index contributed by atoms with van der Waals surface area (Å²) >= 11 is 0. The Balaban J connectivity index is 2.12. The van der Waals surface area contributed by atoms with Gasteiger partial charge in [0.05, 0.1) is 11.4 Å². The summed E-state index contributed by atoms with van der Waals surface area (Å²) in [6.07, 6.45) is 0.963. The highest BCUT2D eigenvalue weighted by Crippen LogP contribution is 2.42. The maximum Gasteiger partial charge on any atom is 0.350 e. The van der Waals surface area contributed by atoms with Gasteiger partial charge >= 0.3 is 5.69 Å². The van der Waals surface area contributed by atoms with E-state index in [4.69, 9.17) is 10.6 Å². The van der Waals surface area contributed by atoms with Crippen molar-refractivity contribution in [3.05, 3.63) is 32.7 Å². The summed E-state index contributed by atoms with van der Waals surface area (Å²) in [5.74, 6) is 5.78. The lowest BCUT2D eigenvalue weighted by molar-refractivity contribution is 0.241. The van der Waals surface area contributed by atoms with Gasteiger partial charge in [-0.25, -0.2) is 9.18 Å². The minimum absolute atomic E-state index is 0.0622. The molecule has 4 rings (SSSR count). The van der Waals surface area contributed by atoms with E-state index < -0.39 is 17.1 Å². The molecule has 0 bridgehead atoms. The number of nitrogen functional groups attached to an aromatic ring is 1. The van der Waals surface area contributed by atoms with Crippen molar-refractivity contribution in [2.45, 2.75) is 26.3 Å². The summed E-state index contributed by atoms with van der Waals surface area (Å²) in [5.41, 5.74) is -0.662. The second-order valence-electron chi connectivity index (χ2n) is 6.76. The normalized spacial score (nSPS) is 22.9. The number of nitrogens with zero attached hydrogens (tertiary/aromatic N) is 3. The van der Waals surface area contributed by atoms with Gasteiger partial charge in [-0.05, 0) is 25.3 Å². The number of aromatic nitrogens is 2. The molecule has 1 aromatic heterocycles. The van der Waals surface area contributed by atoms with E-state index in [-0.39, 0.29) is 23.8 Å². The van der Waals surface area contributed by atoms with Gasteiger partial charge in [-0.15, -0.1) is 0 Å². The molecule has 1 unspecified atom stereocenters. The van der Waals surface area contributed by atoms with E-state index in [9.17, 15) is 14.0 Å². The van der Waals surface area contributed by atoms with E-state index in [0.717, 1.165) is 6.42 Å². The van der Waals surface area contributed by atoms with Crippen LogP contribution in [0.3, 0.4) is 0 Å². The number of nitrogens with two attached hydrogens (primary N) is 1. The van der Waals surface area contributed by atoms with Gasteiger partial charge in [-0.2, -0.15) is 4.68 Å². The standard InChI is InChI=1S/C16H19FN4O3/c1-8-3-4-19(6-8)13-11(17)5-10-12-14(13)24-7-9(2)20(12)16(23)21(18)15(10)22/h5,8-9H,3-4,6-7,18H2,1-2H3/t8-,9?/m0/s1. The smallest absolute Gasteiger partial charge is 0.350 e. The fraction of sp³-hybridized carbons (Fsp3) is 0.500. The number of hydrogen-bond acceptors (Lipinski definition) is 5. The summed E-state index contributed by atoms with van der Waals surface area (Å²) in [7, 11) is 0. The zero-order valence-electron chi connectivity index (χ0n) is 13.6. The number of benzene rings is 1. The minimum atomic E-state index is -0.717. The molecule has 1 fully saturated rings. The molecule has 0 amide bonds. The van der Waals surface area contributed by atoms with Crippen molar-refractivity contribution in [3.8, 4) is 5.75 Å². The highest BCUT2D eigenvalue weighted by Gasteiger charge is 2.32. The van der Waals surface area contributed by atoms with Gasteiger partial charge < -0.3 is 15.5 Å². The Morgan fingerprint density at radius 1 is 1.33 bits per heavy atom. The predicted octanol–water partition coefficient (Wildman–Crippen LogP) is 0.816. The predicted molar refractivity (Wildman–Crippen MR) is 88.8 cm³/mol. The van der Waals surface area contributed by atoms with Crippen LogP contribution in [-0.2, 0) is 0 Å². The summed E-state index contributed by atoms with van der Waals surface area (Å²) in [6, 6.07) is 0.874. The topological polar surface area (TPSA) is 82.5 Å². The van der Waals surface area contributed by atoms with Crippen molar-refractivity contribution in [1.82, 2.24) is 9.24 Å². The van der Waals surface area contributed by atoms with Crippen LogP contribution < -0.4 is 26.7 Å². The van der Waals surface area contributed by atoms with E-state index in [1.807, 2.05) is 4.90 Å². The monoisotopic (exact) mass is 334 g/mol. The SMILES string of the molecule is CC1COc2c(N3CC[C@H](C)C3)c(F)cc3c(=O)n(N)c(=O)n1c23. The summed E-state index contributed by atoms with van der Waals surface area (Å²) in [5, 5.41) is 0.0622. The molecule has 2 aromatic rings. The Hall–Kier alpha value is -2.51. The molecule has 0 aliphatic carbocycles. The highest BCUT2D eigenvalue weighted by molar-refractivity contribution is 5.91. The maximum atomic E-state index is 14.8. The van der Waals surface area contributed by atoms with Crippen LogP contribution in [0.25, 0.3) is 10.9 Å². The molecule has 8 heteroatoms. The van der Waals surface area contributed by atoms with Crippen LogP contribution in [0.5, 0.6) is 5.75 Å². The van der Waals surface area contributed by atoms with E-state index >= 15 is 0 Å². The lowest BCUT2D eigenvalue weighted by Crippen LogP contribution is -2.47. The lowest BCUT2D eigenvalue weighted by Gasteiger charge is -2.30. The van der Waals surface area contributed by atoms with Gasteiger partial charge in [-0.1, -0.05) is 6.92 Å². The maximum absolute atomic E-state index is 14.8. The van der Waals surface area contributed by atoms with Crippen molar-refractivity contribution >= 4 is 16.6 Å². The van der Waals surface area contributed by atoms with Gasteiger partial charge in [-0.3, -0.25) is 9.36 Å². The van der Waals surface area contributed by atoms with Crippen molar-refractivity contribution in [3.63, 3.8) is 0 Å². The Morgan fingerprint density at radius 2 is 2.08 bits per heavy atom. The van der Waals surface area contributed by atoms with E-state index in [1.165, 1.54) is 10.6 Å². The molecule has 1 saturated heterocycles.